The minimum absolute atomic E-state index is 0.262. The first-order valence-electron chi connectivity index (χ1n) is 4.18. The van der Waals surface area contributed by atoms with E-state index in [1.54, 1.807) is 13.0 Å². The Balaban J connectivity index is 3.37. The van der Waals surface area contributed by atoms with Gasteiger partial charge in [-0.3, -0.25) is 0 Å². The Kier molecular flexibility index (Phi) is 6.38. The van der Waals surface area contributed by atoms with Gasteiger partial charge in [-0.05, 0) is 20.5 Å². The largest absolute Gasteiger partial charge is 0.461 e. The molecule has 0 fully saturated rings. The average molecular weight is 171 g/mol. The smallest absolute Gasteiger partial charge is 0.330 e. The van der Waals surface area contributed by atoms with Crippen LogP contribution in [0.5, 0.6) is 0 Å². The van der Waals surface area contributed by atoms with Crippen LogP contribution in [0, 0.1) is 0 Å². The lowest BCUT2D eigenvalue weighted by molar-refractivity contribution is -0.138. The lowest BCUT2D eigenvalue weighted by Gasteiger charge is -2.12. The molecule has 0 aromatic heterocycles. The summed E-state index contributed by atoms with van der Waals surface area (Å²) < 4.78 is 4.89. The van der Waals surface area contributed by atoms with E-state index in [2.05, 4.69) is 11.8 Å². The van der Waals surface area contributed by atoms with Crippen LogP contribution >= 0.6 is 0 Å². The van der Waals surface area contributed by atoms with E-state index in [9.17, 15) is 4.79 Å². The van der Waals surface area contributed by atoms with Crippen molar-refractivity contribution in [1.82, 2.24) is 4.90 Å². The molecule has 0 aliphatic carbocycles. The molecule has 3 heteroatoms. The van der Waals surface area contributed by atoms with Crippen LogP contribution in [0.3, 0.4) is 0 Å². The number of carbonyl (C=O) groups is 1. The van der Waals surface area contributed by atoms with Crippen molar-refractivity contribution in [2.45, 2.75) is 13.8 Å². The summed E-state index contributed by atoms with van der Waals surface area (Å²) in [6.45, 7) is 6.08. The molecule has 0 aliphatic heterocycles. The standard InChI is InChI=1S/C9H17NO2/c1-4-6-9(11)12-8-7-10(3)5-2/h4,6H,5,7-8H2,1-3H3/b6-4+. The highest BCUT2D eigenvalue weighted by Crippen LogP contribution is 1.84. The van der Waals surface area contributed by atoms with Crippen molar-refractivity contribution in [2.75, 3.05) is 26.7 Å². The van der Waals surface area contributed by atoms with Crippen molar-refractivity contribution in [3.63, 3.8) is 0 Å². The van der Waals surface area contributed by atoms with Gasteiger partial charge in [-0.1, -0.05) is 13.0 Å². The summed E-state index contributed by atoms with van der Waals surface area (Å²) in [7, 11) is 1.99. The highest BCUT2D eigenvalue weighted by molar-refractivity contribution is 5.81. The zero-order chi connectivity index (χ0) is 9.40. The first-order chi connectivity index (χ1) is 5.70. The lowest BCUT2D eigenvalue weighted by atomic mass is 10.5. The number of likely N-dealkylation sites (N-methyl/N-ethyl adjacent to an activating group) is 1. The summed E-state index contributed by atoms with van der Waals surface area (Å²) in [5.41, 5.74) is 0. The molecule has 0 heterocycles. The van der Waals surface area contributed by atoms with Gasteiger partial charge in [0.2, 0.25) is 0 Å². The molecule has 0 unspecified atom stereocenters. The third kappa shape index (κ3) is 5.92. The van der Waals surface area contributed by atoms with Gasteiger partial charge in [0.25, 0.3) is 0 Å². The van der Waals surface area contributed by atoms with Crippen molar-refractivity contribution in [3.05, 3.63) is 12.2 Å². The molecule has 0 N–H and O–H groups in total. The monoisotopic (exact) mass is 171 g/mol. The van der Waals surface area contributed by atoms with Crippen LogP contribution in [0.4, 0.5) is 0 Å². The number of hydrogen-bond acceptors (Lipinski definition) is 3. The number of ether oxygens (including phenoxy) is 1. The molecule has 70 valence electrons. The summed E-state index contributed by atoms with van der Waals surface area (Å²) in [6, 6.07) is 0. The number of esters is 1. The first-order valence-corrected chi connectivity index (χ1v) is 4.18. The molecule has 3 nitrogen and oxygen atoms in total. The van der Waals surface area contributed by atoms with Gasteiger partial charge in [0, 0.05) is 12.6 Å². The van der Waals surface area contributed by atoms with Crippen LogP contribution in [-0.2, 0) is 9.53 Å². The molecular formula is C9H17NO2. The second kappa shape index (κ2) is 6.85. The second-order valence-electron chi connectivity index (χ2n) is 2.56. The molecule has 0 aliphatic rings. The molecule has 0 saturated carbocycles. The van der Waals surface area contributed by atoms with Gasteiger partial charge in [0.05, 0.1) is 0 Å². The predicted molar refractivity (Wildman–Crippen MR) is 48.9 cm³/mol. The van der Waals surface area contributed by atoms with Crippen LogP contribution in [0.2, 0.25) is 0 Å². The van der Waals surface area contributed by atoms with E-state index >= 15 is 0 Å². The maximum Gasteiger partial charge on any atom is 0.330 e. The zero-order valence-corrected chi connectivity index (χ0v) is 8.04. The highest BCUT2D eigenvalue weighted by Gasteiger charge is 1.97. The van der Waals surface area contributed by atoms with Gasteiger partial charge in [-0.15, -0.1) is 0 Å². The van der Waals surface area contributed by atoms with Crippen molar-refractivity contribution < 1.29 is 9.53 Å². The van der Waals surface area contributed by atoms with E-state index in [1.807, 2.05) is 7.05 Å². The van der Waals surface area contributed by atoms with E-state index in [-0.39, 0.29) is 5.97 Å². The third-order valence-electron chi connectivity index (χ3n) is 1.56. The Morgan fingerprint density at radius 1 is 1.58 bits per heavy atom. The third-order valence-corrected chi connectivity index (χ3v) is 1.56. The van der Waals surface area contributed by atoms with Crippen LogP contribution in [0.15, 0.2) is 12.2 Å². The van der Waals surface area contributed by atoms with E-state index in [1.165, 1.54) is 6.08 Å². The number of hydrogen-bond donors (Lipinski definition) is 0. The van der Waals surface area contributed by atoms with Gasteiger partial charge in [0.1, 0.15) is 6.61 Å². The van der Waals surface area contributed by atoms with Crippen molar-refractivity contribution in [3.8, 4) is 0 Å². The number of rotatable bonds is 5. The Morgan fingerprint density at radius 3 is 2.75 bits per heavy atom. The predicted octanol–water partition coefficient (Wildman–Crippen LogP) is 1.06. The molecular weight excluding hydrogens is 154 g/mol. The van der Waals surface area contributed by atoms with Crippen LogP contribution in [0.25, 0.3) is 0 Å². The quantitative estimate of drug-likeness (QED) is 0.457. The number of carbonyl (C=O) groups excluding carboxylic acids is 1. The molecule has 12 heavy (non-hydrogen) atoms. The minimum Gasteiger partial charge on any atom is -0.461 e. The summed E-state index contributed by atoms with van der Waals surface area (Å²) in [4.78, 5) is 12.9. The van der Waals surface area contributed by atoms with E-state index < -0.39 is 0 Å². The maximum atomic E-state index is 10.8. The fraction of sp³-hybridized carbons (Fsp3) is 0.667. The normalized spacial score (nSPS) is 11.0. The van der Waals surface area contributed by atoms with Crippen molar-refractivity contribution >= 4 is 5.97 Å². The second-order valence-corrected chi connectivity index (χ2v) is 2.56. The lowest BCUT2D eigenvalue weighted by Crippen LogP contribution is -2.23. The highest BCUT2D eigenvalue weighted by atomic mass is 16.5. The molecule has 0 rings (SSSR count). The Labute approximate surface area is 74.0 Å². The molecule has 0 aromatic rings. The number of allylic oxidation sites excluding steroid dienone is 1. The molecule has 0 aromatic carbocycles. The van der Waals surface area contributed by atoms with Gasteiger partial charge < -0.3 is 9.64 Å². The fourth-order valence-corrected chi connectivity index (χ4v) is 0.644. The minimum atomic E-state index is -0.262. The first kappa shape index (κ1) is 11.2. The summed E-state index contributed by atoms with van der Waals surface area (Å²) in [6.07, 6.45) is 3.10. The van der Waals surface area contributed by atoms with Gasteiger partial charge in [0.15, 0.2) is 0 Å². The summed E-state index contributed by atoms with van der Waals surface area (Å²) in [5.74, 6) is -0.262. The molecule has 0 amide bonds. The topological polar surface area (TPSA) is 29.5 Å². The van der Waals surface area contributed by atoms with Crippen molar-refractivity contribution in [2.24, 2.45) is 0 Å². The summed E-state index contributed by atoms with van der Waals surface area (Å²) in [5, 5.41) is 0. The van der Waals surface area contributed by atoms with Gasteiger partial charge >= 0.3 is 5.97 Å². The summed E-state index contributed by atoms with van der Waals surface area (Å²) >= 11 is 0. The fourth-order valence-electron chi connectivity index (χ4n) is 0.644. The van der Waals surface area contributed by atoms with Gasteiger partial charge in [-0.2, -0.15) is 0 Å². The van der Waals surface area contributed by atoms with Crippen molar-refractivity contribution in [1.29, 1.82) is 0 Å². The van der Waals surface area contributed by atoms with E-state index in [0.29, 0.717) is 6.61 Å². The van der Waals surface area contributed by atoms with Gasteiger partial charge in [-0.25, -0.2) is 4.79 Å². The zero-order valence-electron chi connectivity index (χ0n) is 8.04. The maximum absolute atomic E-state index is 10.8. The van der Waals surface area contributed by atoms with E-state index in [0.717, 1.165) is 13.1 Å². The molecule has 0 radical (unpaired) electrons. The van der Waals surface area contributed by atoms with Crippen LogP contribution in [0.1, 0.15) is 13.8 Å². The molecule has 0 atom stereocenters. The SMILES string of the molecule is C/C=C/C(=O)OCCN(C)CC. The molecule has 0 spiro atoms. The van der Waals surface area contributed by atoms with Crippen LogP contribution in [-0.4, -0.2) is 37.6 Å². The van der Waals surface area contributed by atoms with Crippen LogP contribution < -0.4 is 0 Å². The molecule has 0 bridgehead atoms. The Hall–Kier alpha value is -0.830. The average Bonchev–Trinajstić information content (AvgIpc) is 2.04. The molecule has 0 saturated heterocycles. The Bertz CT molecular complexity index is 155. The Morgan fingerprint density at radius 2 is 2.25 bits per heavy atom. The number of nitrogens with zero attached hydrogens (tertiary/aromatic N) is 1. The van der Waals surface area contributed by atoms with E-state index in [4.69, 9.17) is 4.74 Å².